The Hall–Kier alpha value is -2.83. The lowest BCUT2D eigenvalue weighted by molar-refractivity contribution is -0.0451. The van der Waals surface area contributed by atoms with Gasteiger partial charge in [0.05, 0.1) is 6.20 Å². The summed E-state index contributed by atoms with van der Waals surface area (Å²) in [7, 11) is 0. The third kappa shape index (κ3) is 3.09. The zero-order valence-corrected chi connectivity index (χ0v) is 16.5. The van der Waals surface area contributed by atoms with Gasteiger partial charge in [0, 0.05) is 28.8 Å². The molecule has 0 aliphatic heterocycles. The van der Waals surface area contributed by atoms with Crippen LogP contribution < -0.4 is 4.74 Å². The molecule has 0 unspecified atom stereocenters. The number of fused-ring (bicyclic) bond motifs is 3. The number of benzene rings is 1. The number of pyridine rings is 1. The second kappa shape index (κ2) is 6.34. The number of nitrogens with zero attached hydrogens (tertiary/aromatic N) is 4. The van der Waals surface area contributed by atoms with E-state index in [9.17, 15) is 5.11 Å². The molecule has 6 nitrogen and oxygen atoms in total. The molecule has 2 aromatic heterocycles. The van der Waals surface area contributed by atoms with Crippen molar-refractivity contribution in [2.45, 2.75) is 51.8 Å². The first-order valence-electron chi connectivity index (χ1n) is 9.93. The average molecular weight is 394 g/mol. The van der Waals surface area contributed by atoms with Gasteiger partial charge < -0.3 is 9.84 Å². The number of alkyl halides is 1. The molecule has 1 aromatic carbocycles. The Balaban J connectivity index is 1.39. The number of aromatic nitrogens is 4. The summed E-state index contributed by atoms with van der Waals surface area (Å²) in [4.78, 5) is 8.29. The fraction of sp³-hybridized carbons (Fsp3) is 0.455. The molecule has 2 fully saturated rings. The second-order valence-electron chi connectivity index (χ2n) is 9.12. The van der Waals surface area contributed by atoms with Crippen molar-refractivity contribution in [2.24, 2.45) is 10.8 Å². The van der Waals surface area contributed by atoms with Gasteiger partial charge in [-0.05, 0) is 54.7 Å². The molecule has 3 aromatic rings. The molecule has 2 heterocycles. The lowest BCUT2D eigenvalue weighted by atomic mass is 9.68. The molecule has 0 radical (unpaired) electrons. The van der Waals surface area contributed by atoms with Crippen LogP contribution in [0, 0.1) is 10.8 Å². The van der Waals surface area contributed by atoms with Crippen LogP contribution in [-0.4, -0.2) is 37.5 Å². The van der Waals surface area contributed by atoms with Gasteiger partial charge in [-0.1, -0.05) is 18.9 Å². The highest BCUT2D eigenvalue weighted by atomic mass is 19.1. The number of phenolic OH excluding ortho intramolecular Hbond substituents is 1. The molecule has 7 heteroatoms. The van der Waals surface area contributed by atoms with Gasteiger partial charge in [-0.2, -0.15) is 0 Å². The SMILES string of the molecule is C[C@@]12CC[C@@](C)(C1)[C@H](F)[C@@H](Oc1ncc(-c3cc4ccncc4cc3O)nn1)C2. The average Bonchev–Trinajstić information content (AvgIpc) is 2.98. The molecule has 1 N–H and O–H groups in total. The minimum absolute atomic E-state index is 0.0689. The third-order valence-electron chi connectivity index (χ3n) is 6.64. The Morgan fingerprint density at radius 3 is 2.79 bits per heavy atom. The van der Waals surface area contributed by atoms with Crippen LogP contribution in [0.25, 0.3) is 22.0 Å². The van der Waals surface area contributed by atoms with Crippen LogP contribution >= 0.6 is 0 Å². The third-order valence-corrected chi connectivity index (χ3v) is 6.64. The summed E-state index contributed by atoms with van der Waals surface area (Å²) in [6, 6.07) is 5.38. The quantitative estimate of drug-likeness (QED) is 0.705. The Morgan fingerprint density at radius 2 is 2.00 bits per heavy atom. The Bertz CT molecular complexity index is 1080. The number of halogens is 1. The minimum Gasteiger partial charge on any atom is -0.507 e. The van der Waals surface area contributed by atoms with Gasteiger partial charge in [0.25, 0.3) is 0 Å². The van der Waals surface area contributed by atoms with Crippen LogP contribution in [-0.2, 0) is 0 Å². The van der Waals surface area contributed by atoms with E-state index in [1.54, 1.807) is 18.5 Å². The molecular formula is C22H23FN4O2. The summed E-state index contributed by atoms with van der Waals surface area (Å²) in [6.07, 6.45) is 6.75. The highest BCUT2D eigenvalue weighted by Crippen LogP contribution is 2.59. The van der Waals surface area contributed by atoms with E-state index in [1.165, 1.54) is 6.20 Å². The van der Waals surface area contributed by atoms with Crippen molar-refractivity contribution in [3.05, 3.63) is 36.8 Å². The highest BCUT2D eigenvalue weighted by Gasteiger charge is 2.56. The molecule has 0 saturated heterocycles. The summed E-state index contributed by atoms with van der Waals surface area (Å²) in [5, 5.41) is 20.3. The molecule has 0 spiro atoms. The number of ether oxygens (including phenoxy) is 1. The maximum absolute atomic E-state index is 15.1. The number of rotatable bonds is 3. The van der Waals surface area contributed by atoms with Crippen molar-refractivity contribution in [1.82, 2.24) is 20.2 Å². The van der Waals surface area contributed by atoms with Crippen LogP contribution in [0.4, 0.5) is 4.39 Å². The fourth-order valence-electron chi connectivity index (χ4n) is 5.19. The van der Waals surface area contributed by atoms with Gasteiger partial charge in [0.2, 0.25) is 0 Å². The van der Waals surface area contributed by atoms with Crippen molar-refractivity contribution < 1.29 is 14.2 Å². The van der Waals surface area contributed by atoms with E-state index in [2.05, 4.69) is 27.1 Å². The second-order valence-corrected chi connectivity index (χ2v) is 9.12. The number of phenols is 1. The van der Waals surface area contributed by atoms with Crippen LogP contribution in [0.5, 0.6) is 11.8 Å². The first kappa shape index (κ1) is 18.2. The van der Waals surface area contributed by atoms with E-state index in [0.29, 0.717) is 17.7 Å². The van der Waals surface area contributed by atoms with Gasteiger partial charge in [0.1, 0.15) is 23.7 Å². The zero-order chi connectivity index (χ0) is 20.2. The van der Waals surface area contributed by atoms with Crippen molar-refractivity contribution in [3.63, 3.8) is 0 Å². The molecule has 0 amide bonds. The Morgan fingerprint density at radius 1 is 1.14 bits per heavy atom. The smallest absolute Gasteiger partial charge is 0.336 e. The number of hydrogen-bond donors (Lipinski definition) is 1. The summed E-state index contributed by atoms with van der Waals surface area (Å²) >= 11 is 0. The topological polar surface area (TPSA) is 81.0 Å². The normalized spacial score (nSPS) is 31.1. The first-order chi connectivity index (χ1) is 13.9. The van der Waals surface area contributed by atoms with Gasteiger partial charge in [-0.25, -0.2) is 9.37 Å². The van der Waals surface area contributed by atoms with Gasteiger partial charge in [-0.15, -0.1) is 5.10 Å². The number of hydrogen-bond acceptors (Lipinski definition) is 6. The van der Waals surface area contributed by atoms with Crippen LogP contribution in [0.2, 0.25) is 0 Å². The number of aromatic hydroxyl groups is 1. The summed E-state index contributed by atoms with van der Waals surface area (Å²) < 4.78 is 20.9. The maximum atomic E-state index is 15.1. The molecule has 2 aliphatic carbocycles. The van der Waals surface area contributed by atoms with Crippen molar-refractivity contribution >= 4 is 10.8 Å². The molecule has 2 aliphatic rings. The summed E-state index contributed by atoms with van der Waals surface area (Å²) in [6.45, 7) is 4.22. The summed E-state index contributed by atoms with van der Waals surface area (Å²) in [5.41, 5.74) is 0.722. The van der Waals surface area contributed by atoms with E-state index >= 15 is 4.39 Å². The predicted molar refractivity (Wildman–Crippen MR) is 106 cm³/mol. The van der Waals surface area contributed by atoms with Crippen molar-refractivity contribution in [2.75, 3.05) is 0 Å². The van der Waals surface area contributed by atoms with E-state index in [-0.39, 0.29) is 22.6 Å². The van der Waals surface area contributed by atoms with Crippen molar-refractivity contribution in [1.29, 1.82) is 0 Å². The van der Waals surface area contributed by atoms with Crippen molar-refractivity contribution in [3.8, 4) is 23.0 Å². The van der Waals surface area contributed by atoms with Gasteiger partial charge >= 0.3 is 6.01 Å². The largest absolute Gasteiger partial charge is 0.507 e. The van der Waals surface area contributed by atoms with E-state index in [1.807, 2.05) is 19.1 Å². The molecule has 29 heavy (non-hydrogen) atoms. The molecule has 2 bridgehead atoms. The molecule has 5 rings (SSSR count). The molecule has 150 valence electrons. The zero-order valence-electron chi connectivity index (χ0n) is 16.5. The van der Waals surface area contributed by atoms with E-state index in [0.717, 1.165) is 30.0 Å². The standard InChI is InChI=1S/C22H23FN4O2/c1-21-4-5-22(2,12-21)19(23)18(9-21)29-20-25-11-16(26-27-20)15-7-13-3-6-24-10-14(13)8-17(15)28/h3,6-8,10-11,18-19,28H,4-5,9,12H2,1-2H3/t18-,19+,21-,22-/m0/s1. The van der Waals surface area contributed by atoms with Crippen LogP contribution in [0.1, 0.15) is 39.5 Å². The maximum Gasteiger partial charge on any atom is 0.336 e. The summed E-state index contributed by atoms with van der Waals surface area (Å²) in [5.74, 6) is 0.0730. The van der Waals surface area contributed by atoms with Gasteiger partial charge in [0.15, 0.2) is 0 Å². The molecule has 2 saturated carbocycles. The van der Waals surface area contributed by atoms with Crippen LogP contribution in [0.3, 0.4) is 0 Å². The van der Waals surface area contributed by atoms with E-state index in [4.69, 9.17) is 4.74 Å². The monoisotopic (exact) mass is 394 g/mol. The first-order valence-corrected chi connectivity index (χ1v) is 9.93. The Kier molecular flexibility index (Phi) is 3.98. The van der Waals surface area contributed by atoms with E-state index < -0.39 is 12.3 Å². The minimum atomic E-state index is -1.04. The highest BCUT2D eigenvalue weighted by molar-refractivity contribution is 5.89. The predicted octanol–water partition coefficient (Wildman–Crippen LogP) is 4.48. The van der Waals surface area contributed by atoms with Gasteiger partial charge in [-0.3, -0.25) is 4.98 Å². The molecule has 4 atom stereocenters. The Labute approximate surface area is 168 Å². The van der Waals surface area contributed by atoms with Crippen LogP contribution in [0.15, 0.2) is 36.8 Å². The molecular weight excluding hydrogens is 371 g/mol. The lowest BCUT2D eigenvalue weighted by Crippen LogP contribution is -2.46. The lowest BCUT2D eigenvalue weighted by Gasteiger charge is -2.42. The fourth-order valence-corrected chi connectivity index (χ4v) is 5.19.